The van der Waals surface area contributed by atoms with Gasteiger partial charge in [-0.05, 0) is 82.0 Å². The maximum absolute atomic E-state index is 14.2. The van der Waals surface area contributed by atoms with Gasteiger partial charge in [0.15, 0.2) is 9.84 Å². The molecule has 1 atom stereocenters. The van der Waals surface area contributed by atoms with Crippen molar-refractivity contribution in [2.24, 2.45) is 0 Å². The zero-order chi connectivity index (χ0) is 26.2. The summed E-state index contributed by atoms with van der Waals surface area (Å²) >= 11 is 0. The monoisotopic (exact) mass is 504 g/mol. The molecule has 1 aliphatic rings. The summed E-state index contributed by atoms with van der Waals surface area (Å²) < 4.78 is 44.5. The summed E-state index contributed by atoms with van der Waals surface area (Å²) in [5.41, 5.74) is -0.130. The fourth-order valence-corrected chi connectivity index (χ4v) is 4.85. The molecule has 0 radical (unpaired) electrons. The second kappa shape index (κ2) is 9.60. The summed E-state index contributed by atoms with van der Waals surface area (Å²) in [6.07, 6.45) is -0.255. The van der Waals surface area contributed by atoms with E-state index in [4.69, 9.17) is 4.74 Å². The van der Waals surface area contributed by atoms with Gasteiger partial charge in [0, 0.05) is 12.2 Å². The maximum atomic E-state index is 14.2. The Bertz CT molecular complexity index is 1210. The number of nitrogens with one attached hydrogen (secondary N) is 1. The third-order valence-electron chi connectivity index (χ3n) is 5.80. The van der Waals surface area contributed by atoms with Gasteiger partial charge in [-0.3, -0.25) is 9.69 Å². The average Bonchev–Trinajstić information content (AvgIpc) is 2.76. The number of hydrogen-bond acceptors (Lipinski definition) is 5. The van der Waals surface area contributed by atoms with Crippen molar-refractivity contribution in [3.8, 4) is 0 Å². The van der Waals surface area contributed by atoms with Crippen LogP contribution < -0.4 is 5.32 Å². The number of hydrogen-bond donors (Lipinski definition) is 1. The number of carbonyl (C=O) groups excluding carboxylic acids is 2. The van der Waals surface area contributed by atoms with E-state index >= 15 is 0 Å². The number of fused-ring (bicyclic) bond motifs is 1. The van der Waals surface area contributed by atoms with E-state index in [0.29, 0.717) is 28.8 Å². The van der Waals surface area contributed by atoms with Gasteiger partial charge in [0.2, 0.25) is 0 Å². The highest BCUT2D eigenvalue weighted by Crippen LogP contribution is 2.34. The topological polar surface area (TPSA) is 92.8 Å². The van der Waals surface area contributed by atoms with Crippen molar-refractivity contribution in [1.29, 1.82) is 0 Å². The Morgan fingerprint density at radius 2 is 1.71 bits per heavy atom. The normalized spacial score (nSPS) is 16.4. The van der Waals surface area contributed by atoms with Crippen molar-refractivity contribution in [2.75, 3.05) is 17.6 Å². The second-order valence-electron chi connectivity index (χ2n) is 10.1. The van der Waals surface area contributed by atoms with Crippen LogP contribution in [0.4, 0.5) is 14.9 Å². The summed E-state index contributed by atoms with van der Waals surface area (Å²) in [6.45, 7) is 9.89. The molecule has 1 unspecified atom stereocenters. The quantitative estimate of drug-likeness (QED) is 0.607. The van der Waals surface area contributed by atoms with Gasteiger partial charge in [-0.15, -0.1) is 0 Å². The molecule has 2 amide bonds. The molecule has 0 aliphatic carbocycles. The molecule has 0 aromatic heterocycles. The molecule has 35 heavy (non-hydrogen) atoms. The second-order valence-corrected chi connectivity index (χ2v) is 12.4. The van der Waals surface area contributed by atoms with Crippen LogP contribution in [0, 0.1) is 0 Å². The minimum absolute atomic E-state index is 0.0363. The van der Waals surface area contributed by atoms with E-state index in [2.05, 4.69) is 5.32 Å². The Hall–Kier alpha value is -2.94. The van der Waals surface area contributed by atoms with Gasteiger partial charge < -0.3 is 10.1 Å². The number of carbonyl (C=O) groups is 2. The first kappa shape index (κ1) is 26.7. The molecule has 0 spiro atoms. The van der Waals surface area contributed by atoms with Crippen LogP contribution in [0.3, 0.4) is 0 Å². The highest BCUT2D eigenvalue weighted by Gasteiger charge is 2.38. The van der Waals surface area contributed by atoms with E-state index < -0.39 is 39.1 Å². The number of sulfone groups is 1. The summed E-state index contributed by atoms with van der Waals surface area (Å²) in [5.74, 6) is -0.513. The number of rotatable bonds is 5. The van der Waals surface area contributed by atoms with Gasteiger partial charge in [0.1, 0.15) is 17.3 Å². The average molecular weight is 505 g/mol. The van der Waals surface area contributed by atoms with Crippen LogP contribution in [0.1, 0.15) is 64.3 Å². The summed E-state index contributed by atoms with van der Waals surface area (Å²) in [7, 11) is -3.42. The molecule has 0 bridgehead atoms. The SMILES string of the molecule is CCS(=O)(=O)c1ccc2c(c1)CCN(C(=O)OC(C)(C)C)C2C(=O)Nc1ccc(C(C)(C)F)cc1. The molecule has 1 heterocycles. The number of benzene rings is 2. The van der Waals surface area contributed by atoms with Crippen LogP contribution in [-0.4, -0.2) is 43.2 Å². The van der Waals surface area contributed by atoms with Gasteiger partial charge >= 0.3 is 6.09 Å². The molecule has 0 saturated heterocycles. The number of ether oxygens (including phenoxy) is 1. The van der Waals surface area contributed by atoms with Gasteiger partial charge in [0.25, 0.3) is 5.91 Å². The van der Waals surface area contributed by atoms with E-state index in [1.807, 2.05) is 0 Å². The predicted molar refractivity (Wildman–Crippen MR) is 133 cm³/mol. The predicted octanol–water partition coefficient (Wildman–Crippen LogP) is 5.16. The van der Waals surface area contributed by atoms with Crippen molar-refractivity contribution in [3.05, 3.63) is 59.2 Å². The number of nitrogens with zero attached hydrogens (tertiary/aromatic N) is 1. The van der Waals surface area contributed by atoms with E-state index in [9.17, 15) is 22.4 Å². The molecule has 1 aliphatic heterocycles. The first-order chi connectivity index (χ1) is 16.1. The summed E-state index contributed by atoms with van der Waals surface area (Å²) in [5, 5.41) is 2.81. The smallest absolute Gasteiger partial charge is 0.411 e. The zero-order valence-corrected chi connectivity index (χ0v) is 21.8. The summed E-state index contributed by atoms with van der Waals surface area (Å²) in [4.78, 5) is 28.0. The Balaban J connectivity index is 1.98. The lowest BCUT2D eigenvalue weighted by molar-refractivity contribution is -0.121. The third kappa shape index (κ3) is 6.20. The van der Waals surface area contributed by atoms with Crippen LogP contribution in [-0.2, 0) is 31.5 Å². The number of anilines is 1. The molecular weight excluding hydrogens is 471 g/mol. The van der Waals surface area contributed by atoms with Crippen molar-refractivity contribution in [2.45, 2.75) is 70.2 Å². The zero-order valence-electron chi connectivity index (χ0n) is 21.0. The molecule has 0 fully saturated rings. The lowest BCUT2D eigenvalue weighted by Gasteiger charge is -2.37. The van der Waals surface area contributed by atoms with Gasteiger partial charge in [-0.25, -0.2) is 17.6 Å². The lowest BCUT2D eigenvalue weighted by atomic mass is 9.92. The Morgan fingerprint density at radius 3 is 2.26 bits per heavy atom. The molecule has 190 valence electrons. The number of amides is 2. The van der Waals surface area contributed by atoms with E-state index in [0.717, 1.165) is 0 Å². The molecule has 3 rings (SSSR count). The van der Waals surface area contributed by atoms with Crippen LogP contribution in [0.25, 0.3) is 0 Å². The number of alkyl halides is 1. The largest absolute Gasteiger partial charge is 0.444 e. The highest BCUT2D eigenvalue weighted by atomic mass is 32.2. The van der Waals surface area contributed by atoms with Crippen molar-refractivity contribution < 1.29 is 27.1 Å². The highest BCUT2D eigenvalue weighted by molar-refractivity contribution is 7.91. The minimum atomic E-state index is -3.42. The van der Waals surface area contributed by atoms with E-state index in [-0.39, 0.29) is 17.2 Å². The minimum Gasteiger partial charge on any atom is -0.444 e. The molecule has 9 heteroatoms. The Kier molecular flexibility index (Phi) is 7.32. The van der Waals surface area contributed by atoms with Crippen LogP contribution in [0.5, 0.6) is 0 Å². The van der Waals surface area contributed by atoms with Gasteiger partial charge in [-0.2, -0.15) is 0 Å². The summed E-state index contributed by atoms with van der Waals surface area (Å²) in [6, 6.07) is 10.0. The maximum Gasteiger partial charge on any atom is 0.411 e. The molecule has 2 aromatic rings. The standard InChI is InChI=1S/C26H33FN2O5S/c1-7-35(32,33)20-12-13-21-17(16-20)14-15-29(24(31)34-25(2,3)4)22(21)23(30)28-19-10-8-18(9-11-19)26(5,6)27/h8-13,16,22H,7,14-15H2,1-6H3,(H,28,30). The van der Waals surface area contributed by atoms with Gasteiger partial charge in [-0.1, -0.05) is 25.1 Å². The first-order valence-corrected chi connectivity index (χ1v) is 13.2. The first-order valence-electron chi connectivity index (χ1n) is 11.6. The molecular formula is C26H33FN2O5S. The number of halogens is 1. The van der Waals surface area contributed by atoms with Crippen LogP contribution >= 0.6 is 0 Å². The third-order valence-corrected chi connectivity index (χ3v) is 7.53. The van der Waals surface area contributed by atoms with Crippen LogP contribution in [0.2, 0.25) is 0 Å². The Morgan fingerprint density at radius 1 is 1.09 bits per heavy atom. The molecule has 1 N–H and O–H groups in total. The lowest BCUT2D eigenvalue weighted by Crippen LogP contribution is -2.47. The van der Waals surface area contributed by atoms with E-state index in [1.165, 1.54) is 24.8 Å². The van der Waals surface area contributed by atoms with Crippen LogP contribution in [0.15, 0.2) is 47.4 Å². The van der Waals surface area contributed by atoms with Crippen molar-refractivity contribution in [3.63, 3.8) is 0 Å². The fraction of sp³-hybridized carbons (Fsp3) is 0.462. The molecule has 7 nitrogen and oxygen atoms in total. The van der Waals surface area contributed by atoms with Gasteiger partial charge in [0.05, 0.1) is 10.6 Å². The fourth-order valence-electron chi connectivity index (χ4n) is 3.92. The Labute approximate surface area is 206 Å². The molecule has 2 aromatic carbocycles. The molecule has 0 saturated carbocycles. The van der Waals surface area contributed by atoms with Crippen molar-refractivity contribution >= 4 is 27.5 Å². The van der Waals surface area contributed by atoms with Crippen molar-refractivity contribution in [1.82, 2.24) is 4.90 Å². The van der Waals surface area contributed by atoms with E-state index in [1.54, 1.807) is 64.1 Å².